The van der Waals surface area contributed by atoms with Gasteiger partial charge in [-0.3, -0.25) is 4.79 Å². The number of rotatable bonds is 32. The van der Waals surface area contributed by atoms with Crippen molar-refractivity contribution in [3.63, 3.8) is 0 Å². The lowest BCUT2D eigenvalue weighted by Crippen LogP contribution is -2.27. The average molecular weight is 577 g/mol. The lowest BCUT2D eigenvalue weighted by molar-refractivity contribution is -0.154. The van der Waals surface area contributed by atoms with Crippen LogP contribution in [0.15, 0.2) is 36.5 Å². The van der Waals surface area contributed by atoms with Crippen LogP contribution in [0.2, 0.25) is 0 Å². The normalized spacial score (nSPS) is 12.8. The minimum absolute atomic E-state index is 0.174. The number of hydrogen-bond acceptors (Lipinski definition) is 4. The maximum atomic E-state index is 11.8. The van der Waals surface area contributed by atoms with Crippen LogP contribution in [-0.4, -0.2) is 37.0 Å². The van der Waals surface area contributed by atoms with Gasteiger partial charge in [0.25, 0.3) is 0 Å². The summed E-state index contributed by atoms with van der Waals surface area (Å²) in [7, 11) is 0. The second-order valence-electron chi connectivity index (χ2n) is 11.6. The molecule has 4 heteroatoms. The van der Waals surface area contributed by atoms with Crippen LogP contribution in [0.25, 0.3) is 0 Å². The van der Waals surface area contributed by atoms with Crippen LogP contribution in [0.1, 0.15) is 168 Å². The maximum Gasteiger partial charge on any atom is 0.306 e. The van der Waals surface area contributed by atoms with Crippen molar-refractivity contribution in [2.45, 2.75) is 174 Å². The Balaban J connectivity index is 3.34. The molecule has 0 aromatic rings. The van der Waals surface area contributed by atoms with E-state index in [-0.39, 0.29) is 12.6 Å². The molecular formula is C37H68O4. The first-order chi connectivity index (χ1) is 20.2. The molecule has 0 amide bonds. The highest BCUT2D eigenvalue weighted by atomic mass is 16.6. The fraction of sp³-hybridized carbons (Fsp3) is 0.811. The Morgan fingerprint density at radius 3 is 1.54 bits per heavy atom. The van der Waals surface area contributed by atoms with Gasteiger partial charge in [-0.2, -0.15) is 0 Å². The number of allylic oxidation sites excluding steroid dienone is 6. The van der Waals surface area contributed by atoms with Crippen molar-refractivity contribution in [1.29, 1.82) is 0 Å². The molecule has 0 aromatic heterocycles. The SMILES string of the molecule is CCCCCCC/C=C\C/C=C\C/C=C\CCCCCCCCCCCCCOCC(CO)OC(=O)CCCCC. The van der Waals surface area contributed by atoms with Crippen molar-refractivity contribution >= 4 is 5.97 Å². The molecule has 4 nitrogen and oxygen atoms in total. The smallest absolute Gasteiger partial charge is 0.306 e. The fourth-order valence-corrected chi connectivity index (χ4v) is 4.80. The van der Waals surface area contributed by atoms with E-state index in [0.29, 0.717) is 19.6 Å². The molecule has 0 bridgehead atoms. The zero-order valence-electron chi connectivity index (χ0n) is 27.3. The van der Waals surface area contributed by atoms with Gasteiger partial charge in [-0.15, -0.1) is 0 Å². The Labute approximate surface area is 255 Å². The largest absolute Gasteiger partial charge is 0.457 e. The van der Waals surface area contributed by atoms with Gasteiger partial charge >= 0.3 is 5.97 Å². The number of ether oxygens (including phenoxy) is 2. The predicted molar refractivity (Wildman–Crippen MR) is 177 cm³/mol. The molecule has 0 aliphatic carbocycles. The van der Waals surface area contributed by atoms with Crippen LogP contribution in [0, 0.1) is 0 Å². The summed E-state index contributed by atoms with van der Waals surface area (Å²) in [5.74, 6) is -0.227. The van der Waals surface area contributed by atoms with Gasteiger partial charge in [0.2, 0.25) is 0 Å². The quantitative estimate of drug-likeness (QED) is 0.0491. The van der Waals surface area contributed by atoms with Gasteiger partial charge in [0, 0.05) is 13.0 Å². The van der Waals surface area contributed by atoms with Crippen LogP contribution >= 0.6 is 0 Å². The van der Waals surface area contributed by atoms with E-state index < -0.39 is 6.10 Å². The molecule has 1 atom stereocenters. The summed E-state index contributed by atoms with van der Waals surface area (Å²) >= 11 is 0. The molecule has 0 aromatic carbocycles. The first-order valence-corrected chi connectivity index (χ1v) is 17.6. The Bertz CT molecular complexity index is 610. The van der Waals surface area contributed by atoms with E-state index in [1.807, 2.05) is 0 Å². The Hall–Kier alpha value is -1.39. The average Bonchev–Trinajstić information content (AvgIpc) is 2.98. The number of aliphatic hydroxyl groups excluding tert-OH is 1. The number of esters is 1. The van der Waals surface area contributed by atoms with Crippen molar-refractivity contribution < 1.29 is 19.4 Å². The third-order valence-electron chi connectivity index (χ3n) is 7.47. The lowest BCUT2D eigenvalue weighted by Gasteiger charge is -2.15. The molecule has 1 N–H and O–H groups in total. The second-order valence-corrected chi connectivity index (χ2v) is 11.6. The Morgan fingerprint density at radius 2 is 1.02 bits per heavy atom. The van der Waals surface area contributed by atoms with Crippen LogP contribution in [0.5, 0.6) is 0 Å². The first-order valence-electron chi connectivity index (χ1n) is 17.6. The predicted octanol–water partition coefficient (Wildman–Crippen LogP) is 11.0. The summed E-state index contributed by atoms with van der Waals surface area (Å²) < 4.78 is 10.9. The lowest BCUT2D eigenvalue weighted by atomic mass is 10.1. The van der Waals surface area contributed by atoms with Gasteiger partial charge in [0.15, 0.2) is 0 Å². The number of hydrogen-bond donors (Lipinski definition) is 1. The Morgan fingerprint density at radius 1 is 0.585 bits per heavy atom. The van der Waals surface area contributed by atoms with Crippen molar-refractivity contribution in [2.75, 3.05) is 19.8 Å². The number of carbonyl (C=O) groups excluding carboxylic acids is 1. The van der Waals surface area contributed by atoms with E-state index >= 15 is 0 Å². The molecule has 240 valence electrons. The molecule has 0 radical (unpaired) electrons. The van der Waals surface area contributed by atoms with E-state index in [1.54, 1.807) is 0 Å². The van der Waals surface area contributed by atoms with Crippen molar-refractivity contribution in [3.05, 3.63) is 36.5 Å². The summed E-state index contributed by atoms with van der Waals surface area (Å²) in [5, 5.41) is 9.38. The molecule has 0 rings (SSSR count). The van der Waals surface area contributed by atoms with Gasteiger partial charge in [-0.1, -0.05) is 147 Å². The fourth-order valence-electron chi connectivity index (χ4n) is 4.80. The van der Waals surface area contributed by atoms with Crippen LogP contribution < -0.4 is 0 Å². The molecule has 0 fully saturated rings. The summed E-state index contributed by atoms with van der Waals surface area (Å²) in [4.78, 5) is 11.8. The monoisotopic (exact) mass is 577 g/mol. The summed E-state index contributed by atoms with van der Waals surface area (Å²) in [6.07, 6.45) is 42.5. The summed E-state index contributed by atoms with van der Waals surface area (Å²) in [6, 6.07) is 0. The van der Waals surface area contributed by atoms with E-state index in [9.17, 15) is 9.90 Å². The Kier molecular flexibility index (Phi) is 33.6. The van der Waals surface area contributed by atoms with E-state index in [4.69, 9.17) is 9.47 Å². The van der Waals surface area contributed by atoms with E-state index in [0.717, 1.165) is 38.5 Å². The molecule has 0 aliphatic heterocycles. The zero-order valence-corrected chi connectivity index (χ0v) is 27.3. The third kappa shape index (κ3) is 33.0. The highest BCUT2D eigenvalue weighted by molar-refractivity contribution is 5.69. The third-order valence-corrected chi connectivity index (χ3v) is 7.47. The van der Waals surface area contributed by atoms with Gasteiger partial charge < -0.3 is 14.6 Å². The van der Waals surface area contributed by atoms with Crippen LogP contribution in [0.4, 0.5) is 0 Å². The van der Waals surface area contributed by atoms with Crippen LogP contribution in [-0.2, 0) is 14.3 Å². The van der Waals surface area contributed by atoms with Crippen molar-refractivity contribution in [2.24, 2.45) is 0 Å². The summed E-state index contributed by atoms with van der Waals surface area (Å²) in [5.41, 5.74) is 0. The zero-order chi connectivity index (χ0) is 29.9. The van der Waals surface area contributed by atoms with Gasteiger partial charge in [-0.05, 0) is 51.4 Å². The molecule has 41 heavy (non-hydrogen) atoms. The standard InChI is InChI=1S/C37H68O4/c1-3-5-7-8-9-10-11-12-13-14-15-16-17-18-19-20-21-22-23-24-25-26-27-28-29-31-33-40-35-36(34-38)41-37(39)32-30-6-4-2/h11-12,14-15,17-18,36,38H,3-10,13,16,19-35H2,1-2H3/b12-11-,15-14-,18-17-. The molecule has 0 heterocycles. The molecule has 0 saturated heterocycles. The van der Waals surface area contributed by atoms with Crippen LogP contribution in [0.3, 0.4) is 0 Å². The molecule has 0 aliphatic rings. The molecule has 0 spiro atoms. The number of aliphatic hydroxyl groups is 1. The highest BCUT2D eigenvalue weighted by Crippen LogP contribution is 2.13. The summed E-state index contributed by atoms with van der Waals surface area (Å²) in [6.45, 7) is 5.17. The van der Waals surface area contributed by atoms with Crippen molar-refractivity contribution in [3.8, 4) is 0 Å². The molecule has 1 unspecified atom stereocenters. The van der Waals surface area contributed by atoms with Gasteiger partial charge in [0.1, 0.15) is 6.10 Å². The van der Waals surface area contributed by atoms with Gasteiger partial charge in [0.05, 0.1) is 13.2 Å². The number of carbonyl (C=O) groups is 1. The topological polar surface area (TPSA) is 55.8 Å². The van der Waals surface area contributed by atoms with Crippen molar-refractivity contribution in [1.82, 2.24) is 0 Å². The molecular weight excluding hydrogens is 508 g/mol. The minimum atomic E-state index is -0.528. The highest BCUT2D eigenvalue weighted by Gasteiger charge is 2.13. The van der Waals surface area contributed by atoms with E-state index in [1.165, 1.54) is 109 Å². The maximum absolute atomic E-state index is 11.8. The molecule has 0 saturated carbocycles. The van der Waals surface area contributed by atoms with E-state index in [2.05, 4.69) is 50.3 Å². The number of unbranched alkanes of at least 4 members (excludes halogenated alkanes) is 18. The second kappa shape index (κ2) is 34.8. The first kappa shape index (κ1) is 39.6. The minimum Gasteiger partial charge on any atom is -0.457 e. The van der Waals surface area contributed by atoms with Gasteiger partial charge in [-0.25, -0.2) is 0 Å².